The molecule has 194 valence electrons. The standard InChI is InChI=1S/C33H33NO4/c1-23-19-29(20-24(2)32(23)37)33(38)34(18-8-11-25-9-4-3-5-10-25)22-26-14-16-27(17-15-26)30-13-7-6-12-28(30)21-31(35)36/h3-7,9-10,12-17,19-20,37H,8,11,18,21-22H2,1-2H3,(H,35,36). The van der Waals surface area contributed by atoms with Crippen molar-refractivity contribution in [3.05, 3.63) is 124 Å². The van der Waals surface area contributed by atoms with Crippen molar-refractivity contribution in [2.75, 3.05) is 6.54 Å². The van der Waals surface area contributed by atoms with E-state index in [4.69, 9.17) is 0 Å². The first-order valence-electron chi connectivity index (χ1n) is 12.8. The van der Waals surface area contributed by atoms with Crippen LogP contribution in [0.5, 0.6) is 5.75 Å². The van der Waals surface area contributed by atoms with E-state index in [9.17, 15) is 19.8 Å². The van der Waals surface area contributed by atoms with Crippen molar-refractivity contribution in [3.63, 3.8) is 0 Å². The highest BCUT2D eigenvalue weighted by molar-refractivity contribution is 5.95. The largest absolute Gasteiger partial charge is 0.507 e. The van der Waals surface area contributed by atoms with Gasteiger partial charge in [-0.2, -0.15) is 0 Å². The first kappa shape index (κ1) is 26.7. The first-order chi connectivity index (χ1) is 18.3. The van der Waals surface area contributed by atoms with E-state index < -0.39 is 5.97 Å². The van der Waals surface area contributed by atoms with Crippen molar-refractivity contribution in [2.45, 2.75) is 39.7 Å². The first-order valence-corrected chi connectivity index (χ1v) is 12.8. The lowest BCUT2D eigenvalue weighted by atomic mass is 9.97. The molecule has 4 aromatic rings. The minimum absolute atomic E-state index is 0.0346. The van der Waals surface area contributed by atoms with Crippen LogP contribution in [0.2, 0.25) is 0 Å². The summed E-state index contributed by atoms with van der Waals surface area (Å²) in [4.78, 5) is 26.8. The second-order valence-corrected chi connectivity index (χ2v) is 9.70. The molecule has 0 atom stereocenters. The van der Waals surface area contributed by atoms with E-state index in [1.807, 2.05) is 71.6 Å². The summed E-state index contributed by atoms with van der Waals surface area (Å²) in [5.74, 6) is -0.713. The molecule has 0 aliphatic carbocycles. The van der Waals surface area contributed by atoms with Crippen LogP contribution in [0.15, 0.2) is 91.0 Å². The van der Waals surface area contributed by atoms with Crippen LogP contribution in [0.4, 0.5) is 0 Å². The number of aromatic hydroxyl groups is 1. The van der Waals surface area contributed by atoms with Crippen molar-refractivity contribution >= 4 is 11.9 Å². The molecule has 0 aliphatic heterocycles. The molecule has 4 aromatic carbocycles. The lowest BCUT2D eigenvalue weighted by Crippen LogP contribution is -2.32. The van der Waals surface area contributed by atoms with Gasteiger partial charge in [-0.25, -0.2) is 0 Å². The molecule has 0 saturated heterocycles. The Labute approximate surface area is 224 Å². The Morgan fingerprint density at radius 2 is 1.42 bits per heavy atom. The van der Waals surface area contributed by atoms with Crippen molar-refractivity contribution in [1.29, 1.82) is 0 Å². The molecule has 5 heteroatoms. The number of rotatable bonds is 10. The third-order valence-electron chi connectivity index (χ3n) is 6.76. The number of phenolic OH excluding ortho intramolecular Hbond substituents is 1. The quantitative estimate of drug-likeness (QED) is 0.254. The summed E-state index contributed by atoms with van der Waals surface area (Å²) >= 11 is 0. The van der Waals surface area contributed by atoms with Crippen LogP contribution in [0, 0.1) is 13.8 Å². The Balaban J connectivity index is 1.55. The van der Waals surface area contributed by atoms with E-state index in [1.54, 1.807) is 26.0 Å². The SMILES string of the molecule is Cc1cc(C(=O)N(CCCc2ccccc2)Cc2ccc(-c3ccccc3CC(=O)O)cc2)cc(C)c1O. The summed E-state index contributed by atoms with van der Waals surface area (Å²) in [7, 11) is 0. The molecule has 38 heavy (non-hydrogen) atoms. The Morgan fingerprint density at radius 3 is 2.08 bits per heavy atom. The van der Waals surface area contributed by atoms with E-state index in [1.165, 1.54) is 5.56 Å². The number of nitrogens with zero attached hydrogens (tertiary/aromatic N) is 1. The predicted molar refractivity (Wildman–Crippen MR) is 150 cm³/mol. The fraction of sp³-hybridized carbons (Fsp3) is 0.212. The Hall–Kier alpha value is -4.38. The van der Waals surface area contributed by atoms with Crippen LogP contribution in [0.25, 0.3) is 11.1 Å². The normalized spacial score (nSPS) is 10.8. The van der Waals surface area contributed by atoms with E-state index in [0.29, 0.717) is 29.8 Å². The Bertz CT molecular complexity index is 1390. The molecule has 0 unspecified atom stereocenters. The fourth-order valence-corrected chi connectivity index (χ4v) is 4.76. The number of amides is 1. The minimum atomic E-state index is -0.863. The van der Waals surface area contributed by atoms with Crippen LogP contribution in [-0.2, 0) is 24.2 Å². The van der Waals surface area contributed by atoms with Crippen molar-refractivity contribution in [2.24, 2.45) is 0 Å². The van der Waals surface area contributed by atoms with Gasteiger partial charge in [0.1, 0.15) is 5.75 Å². The van der Waals surface area contributed by atoms with E-state index in [2.05, 4.69) is 12.1 Å². The lowest BCUT2D eigenvalue weighted by Gasteiger charge is -2.24. The summed E-state index contributed by atoms with van der Waals surface area (Å²) in [5, 5.41) is 19.5. The molecule has 1 amide bonds. The monoisotopic (exact) mass is 507 g/mol. The summed E-state index contributed by atoms with van der Waals surface area (Å²) in [6, 6.07) is 29.2. The van der Waals surface area contributed by atoms with Crippen LogP contribution >= 0.6 is 0 Å². The molecular weight excluding hydrogens is 474 g/mol. The molecule has 2 N–H and O–H groups in total. The van der Waals surface area contributed by atoms with Gasteiger partial charge < -0.3 is 15.1 Å². The zero-order valence-electron chi connectivity index (χ0n) is 21.9. The molecule has 0 heterocycles. The van der Waals surface area contributed by atoms with Gasteiger partial charge in [-0.15, -0.1) is 0 Å². The third kappa shape index (κ3) is 6.68. The number of carbonyl (C=O) groups is 2. The van der Waals surface area contributed by atoms with Gasteiger partial charge in [-0.1, -0.05) is 78.9 Å². The number of carbonyl (C=O) groups excluding carboxylic acids is 1. The van der Waals surface area contributed by atoms with Crippen LogP contribution in [0.1, 0.15) is 44.6 Å². The fourth-order valence-electron chi connectivity index (χ4n) is 4.76. The maximum absolute atomic E-state index is 13.6. The summed E-state index contributed by atoms with van der Waals surface area (Å²) < 4.78 is 0. The summed E-state index contributed by atoms with van der Waals surface area (Å²) in [6.45, 7) is 4.65. The number of carboxylic acid groups (broad SMARTS) is 1. The van der Waals surface area contributed by atoms with Gasteiger partial charge >= 0.3 is 5.97 Å². The molecule has 0 saturated carbocycles. The predicted octanol–water partition coefficient (Wildman–Crippen LogP) is 6.58. The third-order valence-corrected chi connectivity index (χ3v) is 6.76. The molecule has 0 aliphatic rings. The highest BCUT2D eigenvalue weighted by Crippen LogP contribution is 2.26. The van der Waals surface area contributed by atoms with Gasteiger partial charge in [0.15, 0.2) is 0 Å². The number of aliphatic carboxylic acids is 1. The second kappa shape index (κ2) is 12.2. The van der Waals surface area contributed by atoms with Crippen molar-refractivity contribution in [3.8, 4) is 16.9 Å². The summed E-state index contributed by atoms with van der Waals surface area (Å²) in [6.07, 6.45) is 1.66. The Morgan fingerprint density at radius 1 is 0.789 bits per heavy atom. The van der Waals surface area contributed by atoms with Gasteiger partial charge in [0.05, 0.1) is 6.42 Å². The van der Waals surface area contributed by atoms with Gasteiger partial charge in [0.2, 0.25) is 0 Å². The highest BCUT2D eigenvalue weighted by Gasteiger charge is 2.18. The molecule has 0 bridgehead atoms. The highest BCUT2D eigenvalue weighted by atomic mass is 16.4. The van der Waals surface area contributed by atoms with Crippen molar-refractivity contribution < 1.29 is 19.8 Å². The topological polar surface area (TPSA) is 77.8 Å². The maximum atomic E-state index is 13.6. The number of carboxylic acids is 1. The number of aryl methyl sites for hydroxylation is 3. The minimum Gasteiger partial charge on any atom is -0.507 e. The zero-order chi connectivity index (χ0) is 27.1. The number of benzene rings is 4. The van der Waals surface area contributed by atoms with Gasteiger partial charge in [-0.05, 0) is 77.8 Å². The average molecular weight is 508 g/mol. The molecule has 5 nitrogen and oxygen atoms in total. The average Bonchev–Trinajstić information content (AvgIpc) is 2.91. The molecule has 0 radical (unpaired) electrons. The van der Waals surface area contributed by atoms with Crippen molar-refractivity contribution in [1.82, 2.24) is 4.90 Å². The van der Waals surface area contributed by atoms with Gasteiger partial charge in [0, 0.05) is 18.7 Å². The zero-order valence-corrected chi connectivity index (χ0v) is 21.9. The maximum Gasteiger partial charge on any atom is 0.307 e. The number of hydrogen-bond acceptors (Lipinski definition) is 3. The van der Waals surface area contributed by atoms with Gasteiger partial charge in [-0.3, -0.25) is 9.59 Å². The van der Waals surface area contributed by atoms with E-state index in [0.717, 1.165) is 35.1 Å². The molecule has 0 aromatic heterocycles. The molecule has 0 spiro atoms. The molecule has 0 fully saturated rings. The number of phenols is 1. The van der Waals surface area contributed by atoms with Gasteiger partial charge in [0.25, 0.3) is 5.91 Å². The Kier molecular flexibility index (Phi) is 8.59. The second-order valence-electron chi connectivity index (χ2n) is 9.70. The van der Waals surface area contributed by atoms with Crippen LogP contribution < -0.4 is 0 Å². The number of hydrogen-bond donors (Lipinski definition) is 2. The smallest absolute Gasteiger partial charge is 0.307 e. The van der Waals surface area contributed by atoms with E-state index in [-0.39, 0.29) is 18.1 Å². The van der Waals surface area contributed by atoms with E-state index >= 15 is 0 Å². The van der Waals surface area contributed by atoms with Crippen LogP contribution in [-0.4, -0.2) is 33.5 Å². The lowest BCUT2D eigenvalue weighted by molar-refractivity contribution is -0.136. The molecule has 4 rings (SSSR count). The molecular formula is C33H33NO4. The summed E-state index contributed by atoms with van der Waals surface area (Å²) in [5.41, 5.74) is 6.76. The van der Waals surface area contributed by atoms with Crippen LogP contribution in [0.3, 0.4) is 0 Å².